The molecule has 0 radical (unpaired) electrons. The van der Waals surface area contributed by atoms with E-state index < -0.39 is 17.6 Å². The Morgan fingerprint density at radius 1 is 0.935 bits per heavy atom. The van der Waals surface area contributed by atoms with Crippen molar-refractivity contribution in [3.63, 3.8) is 0 Å². The molecule has 1 atom stereocenters. The Morgan fingerprint density at radius 3 is 2.48 bits per heavy atom. The van der Waals surface area contributed by atoms with Crippen LogP contribution < -0.4 is 4.74 Å². The second-order valence-electron chi connectivity index (χ2n) is 12.4. The monoisotopic (exact) mass is 626 g/mol. The molecule has 3 fully saturated rings. The van der Waals surface area contributed by atoms with Crippen LogP contribution in [0.4, 0.5) is 13.2 Å². The second kappa shape index (κ2) is 12.2. The van der Waals surface area contributed by atoms with E-state index in [0.717, 1.165) is 31.1 Å². The molecule has 46 heavy (non-hydrogen) atoms. The highest BCUT2D eigenvalue weighted by Gasteiger charge is 2.34. The van der Waals surface area contributed by atoms with Crippen molar-refractivity contribution in [3.05, 3.63) is 112 Å². The van der Waals surface area contributed by atoms with Crippen LogP contribution in [0.1, 0.15) is 52.1 Å². The number of rotatable bonds is 9. The van der Waals surface area contributed by atoms with Crippen LogP contribution in [0, 0.1) is 30.3 Å². The fourth-order valence-electron chi connectivity index (χ4n) is 6.79. The van der Waals surface area contributed by atoms with E-state index in [1.165, 1.54) is 31.0 Å². The molecule has 3 aliphatic rings. The number of fused-ring (bicyclic) bond motifs is 4. The molecule has 5 aromatic rings. The molecule has 0 spiro atoms. The van der Waals surface area contributed by atoms with Crippen molar-refractivity contribution in [1.29, 1.82) is 0 Å². The number of imidazole rings is 1. The van der Waals surface area contributed by atoms with Gasteiger partial charge in [-0.3, -0.25) is 4.90 Å². The summed E-state index contributed by atoms with van der Waals surface area (Å²) in [5.74, 6) is -1.33. The molecule has 2 bridgehead atoms. The first-order valence-corrected chi connectivity index (χ1v) is 15.5. The summed E-state index contributed by atoms with van der Waals surface area (Å²) in [4.78, 5) is 23.3. The number of carboxylic acid groups (broad SMARTS) is 1. The van der Waals surface area contributed by atoms with Crippen LogP contribution in [0.25, 0.3) is 22.3 Å². The lowest BCUT2D eigenvalue weighted by Gasteiger charge is -2.45. The number of pyridine rings is 1. The predicted molar refractivity (Wildman–Crippen MR) is 167 cm³/mol. The van der Waals surface area contributed by atoms with Crippen molar-refractivity contribution in [3.8, 4) is 17.1 Å². The Labute approximate surface area is 264 Å². The first-order valence-electron chi connectivity index (χ1n) is 15.5. The zero-order valence-electron chi connectivity index (χ0n) is 25.3. The molecule has 7 nitrogen and oxygen atoms in total. The SMILES string of the molecule is Cc1ccc(COc2cccc(-c3cc(F)c(Cc4nc5ccc(C(=O)O)cc5n4CC4CC5CCN4CC5)cc3F)n2)c(F)c1. The van der Waals surface area contributed by atoms with E-state index >= 15 is 8.78 Å². The van der Waals surface area contributed by atoms with Gasteiger partial charge in [0.25, 0.3) is 0 Å². The summed E-state index contributed by atoms with van der Waals surface area (Å²) in [6.45, 7) is 4.39. The highest BCUT2D eigenvalue weighted by molar-refractivity contribution is 5.92. The fraction of sp³-hybridized carbons (Fsp3) is 0.306. The number of hydrogen-bond donors (Lipinski definition) is 1. The molecule has 3 aromatic carbocycles. The van der Waals surface area contributed by atoms with Gasteiger partial charge in [0.15, 0.2) is 0 Å². The number of halogens is 3. The quantitative estimate of drug-likeness (QED) is 0.187. The number of piperidine rings is 3. The maximum absolute atomic E-state index is 15.7. The number of carbonyl (C=O) groups is 1. The van der Waals surface area contributed by atoms with Gasteiger partial charge in [0.05, 0.1) is 22.3 Å². The number of hydrogen-bond acceptors (Lipinski definition) is 5. The van der Waals surface area contributed by atoms with Crippen LogP contribution in [0.15, 0.2) is 66.7 Å². The largest absolute Gasteiger partial charge is 0.478 e. The Balaban J connectivity index is 1.17. The minimum atomic E-state index is -1.04. The summed E-state index contributed by atoms with van der Waals surface area (Å²) in [7, 11) is 0. The molecule has 2 aromatic heterocycles. The Morgan fingerprint density at radius 2 is 1.74 bits per heavy atom. The van der Waals surface area contributed by atoms with Crippen molar-refractivity contribution < 1.29 is 27.8 Å². The summed E-state index contributed by atoms with van der Waals surface area (Å²) in [5.41, 5.74) is 2.86. The molecule has 0 amide bonds. The Bertz CT molecular complexity index is 1950. The molecule has 10 heteroatoms. The van der Waals surface area contributed by atoms with Crippen molar-refractivity contribution in [2.75, 3.05) is 13.1 Å². The van der Waals surface area contributed by atoms with Gasteiger partial charge in [0, 0.05) is 36.2 Å². The van der Waals surface area contributed by atoms with Crippen LogP contribution in [-0.4, -0.2) is 49.6 Å². The van der Waals surface area contributed by atoms with E-state index in [4.69, 9.17) is 9.72 Å². The summed E-state index contributed by atoms with van der Waals surface area (Å²) in [6.07, 6.45) is 3.44. The average molecular weight is 627 g/mol. The average Bonchev–Trinajstić information content (AvgIpc) is 3.38. The van der Waals surface area contributed by atoms with Gasteiger partial charge in [-0.15, -0.1) is 0 Å². The standard InChI is InChI=1S/C36H33F3N4O3/c1-21-5-6-24(28(37)13-21)20-46-35-4-2-3-31(41-35)27-18-29(38)25(15-30(27)39)17-34-40-32-8-7-23(36(44)45)16-33(32)43(34)19-26-14-22-9-11-42(26)12-10-22/h2-8,13,15-16,18,22,26H,9-12,14,17,19-20H2,1H3,(H,44,45). The summed E-state index contributed by atoms with van der Waals surface area (Å²) in [6, 6.07) is 16.9. The number of benzene rings is 3. The van der Waals surface area contributed by atoms with Crippen molar-refractivity contribution in [1.82, 2.24) is 19.4 Å². The van der Waals surface area contributed by atoms with Gasteiger partial charge < -0.3 is 14.4 Å². The maximum Gasteiger partial charge on any atom is 0.335 e. The molecule has 5 heterocycles. The van der Waals surface area contributed by atoms with Crippen LogP contribution in [0.2, 0.25) is 0 Å². The number of aromatic carboxylic acids is 1. The van der Waals surface area contributed by atoms with Gasteiger partial charge in [0.1, 0.15) is 29.9 Å². The smallest absolute Gasteiger partial charge is 0.335 e. The van der Waals surface area contributed by atoms with Gasteiger partial charge in [-0.2, -0.15) is 0 Å². The van der Waals surface area contributed by atoms with E-state index in [1.54, 1.807) is 49.4 Å². The third-order valence-electron chi connectivity index (χ3n) is 9.31. The molecule has 3 aliphatic heterocycles. The van der Waals surface area contributed by atoms with Gasteiger partial charge >= 0.3 is 5.97 Å². The lowest BCUT2D eigenvalue weighted by Crippen LogP contribution is -2.50. The zero-order valence-corrected chi connectivity index (χ0v) is 25.3. The highest BCUT2D eigenvalue weighted by atomic mass is 19.1. The lowest BCUT2D eigenvalue weighted by atomic mass is 9.83. The van der Waals surface area contributed by atoms with Crippen molar-refractivity contribution >= 4 is 17.0 Å². The summed E-state index contributed by atoms with van der Waals surface area (Å²) < 4.78 is 53.2. The molecule has 1 N–H and O–H groups in total. The van der Waals surface area contributed by atoms with Crippen LogP contribution in [0.3, 0.4) is 0 Å². The van der Waals surface area contributed by atoms with Crippen LogP contribution in [0.5, 0.6) is 5.88 Å². The van der Waals surface area contributed by atoms with Crippen LogP contribution >= 0.6 is 0 Å². The van der Waals surface area contributed by atoms with E-state index in [-0.39, 0.29) is 53.2 Å². The second-order valence-corrected chi connectivity index (χ2v) is 12.4. The number of nitrogens with zero attached hydrogens (tertiary/aromatic N) is 4. The van der Waals surface area contributed by atoms with Gasteiger partial charge in [-0.05, 0) is 98.8 Å². The zero-order chi connectivity index (χ0) is 31.9. The van der Waals surface area contributed by atoms with E-state index in [1.807, 2.05) is 4.57 Å². The normalized spacial score (nSPS) is 19.1. The van der Waals surface area contributed by atoms with Crippen molar-refractivity contribution in [2.45, 2.75) is 51.8 Å². The first kappa shape index (κ1) is 30.0. The topological polar surface area (TPSA) is 80.5 Å². The summed E-state index contributed by atoms with van der Waals surface area (Å²) >= 11 is 0. The van der Waals surface area contributed by atoms with E-state index in [2.05, 4.69) is 9.88 Å². The molecule has 3 saturated heterocycles. The van der Waals surface area contributed by atoms with Gasteiger partial charge in [-0.1, -0.05) is 18.2 Å². The molecule has 0 aliphatic carbocycles. The van der Waals surface area contributed by atoms with E-state index in [9.17, 15) is 14.3 Å². The fourth-order valence-corrected chi connectivity index (χ4v) is 6.79. The maximum atomic E-state index is 15.7. The number of ether oxygens (including phenoxy) is 1. The Hall–Kier alpha value is -4.70. The summed E-state index contributed by atoms with van der Waals surface area (Å²) in [5, 5.41) is 9.63. The number of carboxylic acids is 1. The Kier molecular flexibility index (Phi) is 7.98. The third kappa shape index (κ3) is 5.97. The minimum absolute atomic E-state index is 0.0228. The number of aromatic nitrogens is 3. The molecular formula is C36H33F3N4O3. The minimum Gasteiger partial charge on any atom is -0.478 e. The van der Waals surface area contributed by atoms with E-state index in [0.29, 0.717) is 34.9 Å². The highest BCUT2D eigenvalue weighted by Crippen LogP contribution is 2.34. The molecule has 0 saturated carbocycles. The third-order valence-corrected chi connectivity index (χ3v) is 9.31. The predicted octanol–water partition coefficient (Wildman–Crippen LogP) is 7.18. The van der Waals surface area contributed by atoms with Gasteiger partial charge in [0.2, 0.25) is 5.88 Å². The van der Waals surface area contributed by atoms with Gasteiger partial charge in [-0.25, -0.2) is 27.9 Å². The van der Waals surface area contributed by atoms with Crippen LogP contribution in [-0.2, 0) is 19.6 Å². The molecule has 8 rings (SSSR count). The molecular weight excluding hydrogens is 593 g/mol. The first-order chi connectivity index (χ1) is 22.2. The molecule has 236 valence electrons. The lowest BCUT2D eigenvalue weighted by molar-refractivity contribution is 0.0408. The molecule has 1 unspecified atom stereocenters. The van der Waals surface area contributed by atoms with Crippen molar-refractivity contribution in [2.24, 2.45) is 5.92 Å². The number of aryl methyl sites for hydroxylation is 1.